The maximum absolute atomic E-state index is 13.7. The number of ketones is 2. The summed E-state index contributed by atoms with van der Waals surface area (Å²) < 4.78 is 11.5. The Hall–Kier alpha value is -4.18. The molecule has 1 spiro atoms. The molecule has 2 N–H and O–H groups in total. The number of carbonyl (C=O) groups is 4. The monoisotopic (exact) mass is 539 g/mol. The van der Waals surface area contributed by atoms with Crippen LogP contribution in [0.3, 0.4) is 0 Å². The fraction of sp³-hybridized carbons (Fsp3) is 0.290. The molecule has 2 amide bonds. The van der Waals surface area contributed by atoms with Crippen LogP contribution in [0.4, 0.5) is 11.4 Å². The average Bonchev–Trinajstić information content (AvgIpc) is 3.42. The number of hydrogen-bond donors (Lipinski definition) is 2. The summed E-state index contributed by atoms with van der Waals surface area (Å²) in [5, 5.41) is 5.70. The van der Waals surface area contributed by atoms with Gasteiger partial charge in [-0.15, -0.1) is 0 Å². The van der Waals surface area contributed by atoms with Gasteiger partial charge in [0.2, 0.25) is 5.91 Å². The van der Waals surface area contributed by atoms with Crippen molar-refractivity contribution in [1.82, 2.24) is 4.90 Å². The van der Waals surface area contributed by atoms with Gasteiger partial charge in [0.05, 0.1) is 36.7 Å². The quantitative estimate of drug-likeness (QED) is 0.397. The van der Waals surface area contributed by atoms with Gasteiger partial charge >= 0.3 is 0 Å². The first-order valence-corrected chi connectivity index (χ1v) is 13.4. The molecule has 0 radical (unpaired) electrons. The summed E-state index contributed by atoms with van der Waals surface area (Å²) in [6, 6.07) is 16.7. The van der Waals surface area contributed by atoms with E-state index in [1.807, 2.05) is 24.0 Å². The van der Waals surface area contributed by atoms with Crippen molar-refractivity contribution >= 4 is 34.8 Å². The van der Waals surface area contributed by atoms with Crippen LogP contribution in [0, 0.1) is 6.92 Å². The molecule has 2 saturated heterocycles. The molecular weight excluding hydrogens is 510 g/mol. The summed E-state index contributed by atoms with van der Waals surface area (Å²) in [6.45, 7) is 4.48. The van der Waals surface area contributed by atoms with E-state index in [0.29, 0.717) is 50.3 Å². The number of nitrogens with one attached hydrogen (secondary N) is 2. The van der Waals surface area contributed by atoms with Gasteiger partial charge in [0, 0.05) is 48.2 Å². The van der Waals surface area contributed by atoms with Crippen molar-refractivity contribution in [2.45, 2.75) is 25.6 Å². The fourth-order valence-electron chi connectivity index (χ4n) is 5.54. The van der Waals surface area contributed by atoms with Crippen molar-refractivity contribution in [3.8, 4) is 0 Å². The molecule has 3 aromatic carbocycles. The molecule has 2 heterocycles. The summed E-state index contributed by atoms with van der Waals surface area (Å²) in [5.41, 5.74) is 2.55. The number of carbonyl (C=O) groups excluding carboxylic acids is 4. The highest BCUT2D eigenvalue weighted by Crippen LogP contribution is 2.37. The van der Waals surface area contributed by atoms with Crippen LogP contribution < -0.4 is 10.6 Å². The van der Waals surface area contributed by atoms with Gasteiger partial charge in [-0.2, -0.15) is 0 Å². The number of amides is 2. The van der Waals surface area contributed by atoms with Gasteiger partial charge in [-0.05, 0) is 31.2 Å². The van der Waals surface area contributed by atoms with Gasteiger partial charge in [0.1, 0.15) is 0 Å². The lowest BCUT2D eigenvalue weighted by molar-refractivity contribution is -0.185. The minimum atomic E-state index is -0.540. The Bertz CT molecular complexity index is 1510. The van der Waals surface area contributed by atoms with Crippen molar-refractivity contribution < 1.29 is 28.7 Å². The number of ether oxygens (including phenoxy) is 2. The molecule has 6 rings (SSSR count). The first-order chi connectivity index (χ1) is 19.3. The molecule has 2 aliphatic heterocycles. The number of aryl methyl sites for hydroxylation is 1. The summed E-state index contributed by atoms with van der Waals surface area (Å²) in [6.07, 6.45) is 1.35. The van der Waals surface area contributed by atoms with Crippen LogP contribution >= 0.6 is 0 Å². The standard InChI is InChI=1S/C31H29N3O6/c1-19-6-8-20(9-7-19)30(38)33-27-24(32-25(35)18-34-14-12-31(13-15-34)39-16-17-40-31)11-10-23-26(27)29(37)22-5-3-2-4-21(22)28(23)36/h2-11H,12-18H2,1H3,(H,32,35)(H,33,38). The molecule has 0 unspecified atom stereocenters. The molecule has 0 atom stereocenters. The second kappa shape index (κ2) is 10.4. The third-order valence-electron chi connectivity index (χ3n) is 7.72. The molecule has 0 saturated carbocycles. The molecule has 40 heavy (non-hydrogen) atoms. The van der Waals surface area contributed by atoms with Crippen molar-refractivity contribution in [3.63, 3.8) is 0 Å². The Morgan fingerprint density at radius 3 is 2.15 bits per heavy atom. The van der Waals surface area contributed by atoms with Gasteiger partial charge in [-0.3, -0.25) is 24.1 Å². The summed E-state index contributed by atoms with van der Waals surface area (Å²) in [4.78, 5) is 55.4. The van der Waals surface area contributed by atoms with Gasteiger partial charge < -0.3 is 20.1 Å². The molecule has 3 aliphatic rings. The van der Waals surface area contributed by atoms with Gasteiger partial charge in [-0.1, -0.05) is 42.0 Å². The van der Waals surface area contributed by atoms with Crippen molar-refractivity contribution in [1.29, 1.82) is 0 Å². The Kier molecular flexibility index (Phi) is 6.79. The maximum atomic E-state index is 13.7. The second-order valence-corrected chi connectivity index (χ2v) is 10.4. The third kappa shape index (κ3) is 4.83. The molecule has 9 heteroatoms. The van der Waals surface area contributed by atoms with E-state index in [-0.39, 0.29) is 46.3 Å². The zero-order valence-corrected chi connectivity index (χ0v) is 22.1. The van der Waals surface area contributed by atoms with Crippen LogP contribution in [0.5, 0.6) is 0 Å². The lowest BCUT2D eigenvalue weighted by Gasteiger charge is -2.37. The Labute approximate surface area is 231 Å². The van der Waals surface area contributed by atoms with E-state index in [1.54, 1.807) is 42.5 Å². The molecule has 2 fully saturated rings. The molecule has 3 aromatic rings. The van der Waals surface area contributed by atoms with Crippen LogP contribution in [-0.2, 0) is 14.3 Å². The molecule has 0 aromatic heterocycles. The number of nitrogens with zero attached hydrogens (tertiary/aromatic N) is 1. The molecule has 1 aliphatic carbocycles. The fourth-order valence-corrected chi connectivity index (χ4v) is 5.54. The predicted octanol–water partition coefficient (Wildman–Crippen LogP) is 3.80. The third-order valence-corrected chi connectivity index (χ3v) is 7.72. The lowest BCUT2D eigenvalue weighted by Crippen LogP contribution is -2.47. The smallest absolute Gasteiger partial charge is 0.255 e. The van der Waals surface area contributed by atoms with E-state index in [0.717, 1.165) is 5.56 Å². The number of anilines is 2. The van der Waals surface area contributed by atoms with Crippen LogP contribution in [-0.4, -0.2) is 66.9 Å². The molecule has 9 nitrogen and oxygen atoms in total. The summed E-state index contributed by atoms with van der Waals surface area (Å²) in [5.74, 6) is -2.00. The SMILES string of the molecule is Cc1ccc(C(=O)Nc2c(NC(=O)CN3CCC4(CC3)OCCO4)ccc3c2C(=O)c2ccccc2C3=O)cc1. The predicted molar refractivity (Wildman–Crippen MR) is 148 cm³/mol. The van der Waals surface area contributed by atoms with Crippen LogP contribution in [0.2, 0.25) is 0 Å². The van der Waals surface area contributed by atoms with Crippen molar-refractivity contribution in [2.75, 3.05) is 43.5 Å². The lowest BCUT2D eigenvalue weighted by atomic mass is 9.82. The van der Waals surface area contributed by atoms with E-state index in [1.165, 1.54) is 6.07 Å². The largest absolute Gasteiger partial charge is 0.347 e. The van der Waals surface area contributed by atoms with Crippen molar-refractivity contribution in [3.05, 3.63) is 94.0 Å². The van der Waals surface area contributed by atoms with Crippen LogP contribution in [0.15, 0.2) is 60.7 Å². The molecule has 204 valence electrons. The first-order valence-electron chi connectivity index (χ1n) is 13.4. The highest BCUT2D eigenvalue weighted by Gasteiger charge is 2.40. The second-order valence-electron chi connectivity index (χ2n) is 10.4. The number of benzene rings is 3. The highest BCUT2D eigenvalue weighted by molar-refractivity contribution is 6.31. The maximum Gasteiger partial charge on any atom is 0.255 e. The van der Waals surface area contributed by atoms with Crippen LogP contribution in [0.1, 0.15) is 60.6 Å². The Balaban J connectivity index is 1.29. The zero-order valence-electron chi connectivity index (χ0n) is 22.1. The van der Waals surface area contributed by atoms with Gasteiger partial charge in [0.25, 0.3) is 5.91 Å². The number of likely N-dealkylation sites (tertiary alicyclic amines) is 1. The van der Waals surface area contributed by atoms with E-state index in [4.69, 9.17) is 9.47 Å². The summed E-state index contributed by atoms with van der Waals surface area (Å²) >= 11 is 0. The zero-order chi connectivity index (χ0) is 27.9. The number of piperidine rings is 1. The molecular formula is C31H29N3O6. The Morgan fingerprint density at radius 2 is 1.48 bits per heavy atom. The normalized spacial score (nSPS) is 17.8. The topological polar surface area (TPSA) is 114 Å². The van der Waals surface area contributed by atoms with Gasteiger partial charge in [-0.25, -0.2) is 0 Å². The Morgan fingerprint density at radius 1 is 0.825 bits per heavy atom. The van der Waals surface area contributed by atoms with Crippen LogP contribution in [0.25, 0.3) is 0 Å². The number of hydrogen-bond acceptors (Lipinski definition) is 7. The van der Waals surface area contributed by atoms with Gasteiger partial charge in [0.15, 0.2) is 17.4 Å². The minimum absolute atomic E-state index is 0.0670. The van der Waals surface area contributed by atoms with E-state index < -0.39 is 17.5 Å². The highest BCUT2D eigenvalue weighted by atomic mass is 16.7. The molecule has 0 bridgehead atoms. The minimum Gasteiger partial charge on any atom is -0.347 e. The van der Waals surface area contributed by atoms with Crippen molar-refractivity contribution in [2.24, 2.45) is 0 Å². The number of rotatable bonds is 5. The first kappa shape index (κ1) is 26.1. The number of fused-ring (bicyclic) bond motifs is 2. The summed E-state index contributed by atoms with van der Waals surface area (Å²) in [7, 11) is 0. The van der Waals surface area contributed by atoms with E-state index in [2.05, 4.69) is 10.6 Å². The average molecular weight is 540 g/mol. The van der Waals surface area contributed by atoms with E-state index >= 15 is 0 Å². The van der Waals surface area contributed by atoms with E-state index in [9.17, 15) is 19.2 Å².